The first-order valence-corrected chi connectivity index (χ1v) is 11.9. The lowest BCUT2D eigenvalue weighted by Crippen LogP contribution is -2.47. The Bertz CT molecular complexity index is 1070. The molecule has 2 heterocycles. The molecule has 2 aromatic rings. The molecule has 0 bridgehead atoms. The third-order valence-corrected chi connectivity index (χ3v) is 7.03. The van der Waals surface area contributed by atoms with Gasteiger partial charge in [-0.2, -0.15) is 0 Å². The van der Waals surface area contributed by atoms with Gasteiger partial charge in [0.15, 0.2) is 0 Å². The fourth-order valence-corrected chi connectivity index (χ4v) is 5.01. The molecule has 0 unspecified atom stereocenters. The zero-order chi connectivity index (χ0) is 23.7. The highest BCUT2D eigenvalue weighted by Gasteiger charge is 2.46. The van der Waals surface area contributed by atoms with Crippen molar-refractivity contribution in [2.45, 2.75) is 62.9 Å². The topological polar surface area (TPSA) is 96.9 Å². The predicted molar refractivity (Wildman–Crippen MR) is 123 cm³/mol. The molecule has 180 valence electrons. The summed E-state index contributed by atoms with van der Waals surface area (Å²) in [5.41, 5.74) is 2.38. The summed E-state index contributed by atoms with van der Waals surface area (Å²) in [6.07, 6.45) is 2.36. The number of anilines is 1. The molecule has 1 saturated carbocycles. The third kappa shape index (κ3) is 4.79. The van der Waals surface area contributed by atoms with Gasteiger partial charge in [0.1, 0.15) is 23.8 Å². The molecule has 2 aliphatic heterocycles. The van der Waals surface area contributed by atoms with Crippen LogP contribution in [0.3, 0.4) is 0 Å². The molecule has 1 aliphatic carbocycles. The fourth-order valence-electron chi connectivity index (χ4n) is 5.01. The first-order chi connectivity index (χ1) is 16.5. The van der Waals surface area contributed by atoms with Gasteiger partial charge >= 0.3 is 0 Å². The highest BCUT2D eigenvalue weighted by molar-refractivity contribution is 5.93. The highest BCUT2D eigenvalue weighted by Crippen LogP contribution is 2.47. The summed E-state index contributed by atoms with van der Waals surface area (Å²) >= 11 is 0. The number of hydrogen-bond acceptors (Lipinski definition) is 5. The number of ether oxygens (including phenoxy) is 2. The van der Waals surface area contributed by atoms with E-state index >= 15 is 0 Å². The van der Waals surface area contributed by atoms with E-state index in [1.54, 1.807) is 12.1 Å². The Morgan fingerprint density at radius 1 is 1.15 bits per heavy atom. The molecular weight excluding hydrogens is 439 g/mol. The van der Waals surface area contributed by atoms with Gasteiger partial charge in [-0.1, -0.05) is 18.6 Å². The molecule has 34 heavy (non-hydrogen) atoms. The average molecular weight is 469 g/mol. The summed E-state index contributed by atoms with van der Waals surface area (Å²) in [7, 11) is 0. The maximum absolute atomic E-state index is 13.4. The first kappa shape index (κ1) is 22.8. The number of amides is 2. The molecule has 1 saturated heterocycles. The van der Waals surface area contributed by atoms with Crippen LogP contribution in [0.15, 0.2) is 42.5 Å². The number of carbonyl (C=O) groups is 2. The molecule has 5 rings (SSSR count). The predicted octanol–water partition coefficient (Wildman–Crippen LogP) is 3.27. The minimum Gasteiger partial charge on any atom is -0.487 e. The molecule has 3 N–H and O–H groups in total. The van der Waals surface area contributed by atoms with Crippen molar-refractivity contribution in [3.63, 3.8) is 0 Å². The Balaban J connectivity index is 1.24. The van der Waals surface area contributed by atoms with Crippen LogP contribution in [0.25, 0.3) is 0 Å². The van der Waals surface area contributed by atoms with Gasteiger partial charge in [0, 0.05) is 29.6 Å². The summed E-state index contributed by atoms with van der Waals surface area (Å²) < 4.78 is 25.5. The summed E-state index contributed by atoms with van der Waals surface area (Å²) in [6.45, 7) is 0.0105. The number of fused-ring (bicyclic) bond motifs is 3. The molecule has 2 amide bonds. The van der Waals surface area contributed by atoms with Crippen molar-refractivity contribution >= 4 is 17.5 Å². The van der Waals surface area contributed by atoms with E-state index in [-0.39, 0.29) is 55.1 Å². The smallest absolute Gasteiger partial charge is 0.227 e. The van der Waals surface area contributed by atoms with Crippen LogP contribution in [0, 0.1) is 11.7 Å². The zero-order valence-corrected chi connectivity index (χ0v) is 18.8. The molecule has 0 aromatic heterocycles. The Morgan fingerprint density at radius 3 is 2.74 bits per heavy atom. The number of hydrogen-bond donors (Lipinski definition) is 3. The van der Waals surface area contributed by atoms with Crippen molar-refractivity contribution in [3.8, 4) is 5.75 Å². The van der Waals surface area contributed by atoms with E-state index in [1.165, 1.54) is 12.1 Å². The van der Waals surface area contributed by atoms with E-state index in [9.17, 15) is 19.1 Å². The minimum atomic E-state index is -0.555. The van der Waals surface area contributed by atoms with E-state index in [0.717, 1.165) is 36.3 Å². The standard InChI is InChI=1S/C26H29FN2O5/c27-17-6-1-3-15(9-17)13-28-24(31)12-19-11-21-20-10-18(29-26(32)16-4-2-5-16)7-8-22(20)34-25(21)23(14-30)33-19/h1,3,6-10,16,19,21,23,25,30H,2,4-5,11-14H2,(H,28,31)(H,29,32)/t19-,21-,23-,25+/m1/s1. The largest absolute Gasteiger partial charge is 0.487 e. The van der Waals surface area contributed by atoms with Crippen LogP contribution < -0.4 is 15.4 Å². The normalized spacial score (nSPS) is 25.5. The molecule has 8 heteroatoms. The van der Waals surface area contributed by atoms with E-state index in [0.29, 0.717) is 12.0 Å². The maximum atomic E-state index is 13.4. The molecular formula is C26H29FN2O5. The average Bonchev–Trinajstić information content (AvgIpc) is 3.14. The SMILES string of the molecule is O=C(C[C@H]1C[C@@H]2c3cc(NC(=O)C4CCC4)ccc3O[C@@H]2[C@@H](CO)O1)NCc1cccc(F)c1. The van der Waals surface area contributed by atoms with E-state index in [2.05, 4.69) is 10.6 Å². The lowest BCUT2D eigenvalue weighted by molar-refractivity contribution is -0.142. The minimum absolute atomic E-state index is 0.0507. The van der Waals surface area contributed by atoms with Gasteiger partial charge in [-0.05, 0) is 55.2 Å². The molecule has 0 radical (unpaired) electrons. The monoisotopic (exact) mass is 468 g/mol. The number of benzene rings is 2. The Morgan fingerprint density at radius 2 is 2.00 bits per heavy atom. The number of aliphatic hydroxyl groups is 1. The van der Waals surface area contributed by atoms with Gasteiger partial charge < -0.3 is 25.2 Å². The van der Waals surface area contributed by atoms with E-state index < -0.39 is 12.2 Å². The number of rotatable bonds is 7. The van der Waals surface area contributed by atoms with Gasteiger partial charge in [-0.15, -0.1) is 0 Å². The van der Waals surface area contributed by atoms with Crippen LogP contribution >= 0.6 is 0 Å². The van der Waals surface area contributed by atoms with Crippen LogP contribution in [-0.4, -0.2) is 41.8 Å². The third-order valence-electron chi connectivity index (χ3n) is 7.03. The van der Waals surface area contributed by atoms with Gasteiger partial charge in [0.2, 0.25) is 11.8 Å². The van der Waals surface area contributed by atoms with Crippen LogP contribution in [0.5, 0.6) is 5.75 Å². The van der Waals surface area contributed by atoms with E-state index in [1.807, 2.05) is 18.2 Å². The van der Waals surface area contributed by atoms with Gasteiger partial charge in [-0.3, -0.25) is 9.59 Å². The Hall–Kier alpha value is -2.97. The van der Waals surface area contributed by atoms with Crippen molar-refractivity contribution in [2.75, 3.05) is 11.9 Å². The van der Waals surface area contributed by atoms with Crippen molar-refractivity contribution in [1.82, 2.24) is 5.32 Å². The maximum Gasteiger partial charge on any atom is 0.227 e. The second-order valence-electron chi connectivity index (χ2n) is 9.38. The van der Waals surface area contributed by atoms with Crippen molar-refractivity contribution in [3.05, 3.63) is 59.4 Å². The second kappa shape index (κ2) is 9.72. The zero-order valence-electron chi connectivity index (χ0n) is 18.8. The summed E-state index contributed by atoms with van der Waals surface area (Å²) in [5.74, 6) is 0.258. The summed E-state index contributed by atoms with van der Waals surface area (Å²) in [6, 6.07) is 11.7. The quantitative estimate of drug-likeness (QED) is 0.580. The molecule has 3 aliphatic rings. The summed E-state index contributed by atoms with van der Waals surface area (Å²) in [4.78, 5) is 24.9. The van der Waals surface area contributed by atoms with Gasteiger partial charge in [0.25, 0.3) is 0 Å². The van der Waals surface area contributed by atoms with Crippen molar-refractivity contribution in [1.29, 1.82) is 0 Å². The number of nitrogens with one attached hydrogen (secondary N) is 2. The van der Waals surface area contributed by atoms with Crippen LogP contribution in [0.4, 0.5) is 10.1 Å². The van der Waals surface area contributed by atoms with E-state index in [4.69, 9.17) is 9.47 Å². The van der Waals surface area contributed by atoms with Crippen LogP contribution in [0.2, 0.25) is 0 Å². The van der Waals surface area contributed by atoms with Gasteiger partial charge in [-0.25, -0.2) is 4.39 Å². The lowest BCUT2D eigenvalue weighted by Gasteiger charge is -2.37. The molecule has 4 atom stereocenters. The lowest BCUT2D eigenvalue weighted by atomic mass is 9.83. The Labute approximate surface area is 197 Å². The van der Waals surface area contributed by atoms with Crippen molar-refractivity contribution in [2.24, 2.45) is 5.92 Å². The summed E-state index contributed by atoms with van der Waals surface area (Å²) in [5, 5.41) is 15.7. The van der Waals surface area contributed by atoms with Gasteiger partial charge in [0.05, 0.1) is 19.1 Å². The number of aliphatic hydroxyl groups excluding tert-OH is 1. The second-order valence-corrected chi connectivity index (χ2v) is 9.38. The first-order valence-electron chi connectivity index (χ1n) is 11.9. The number of carbonyl (C=O) groups excluding carboxylic acids is 2. The van der Waals surface area contributed by atoms with Crippen molar-refractivity contribution < 1.29 is 28.6 Å². The molecule has 0 spiro atoms. The molecule has 7 nitrogen and oxygen atoms in total. The fraction of sp³-hybridized carbons (Fsp3) is 0.462. The van der Waals surface area contributed by atoms with Crippen LogP contribution in [-0.2, 0) is 20.9 Å². The highest BCUT2D eigenvalue weighted by atomic mass is 19.1. The molecule has 2 fully saturated rings. The molecule has 2 aromatic carbocycles. The number of halogens is 1. The Kier molecular flexibility index (Phi) is 6.52. The van der Waals surface area contributed by atoms with Crippen LogP contribution in [0.1, 0.15) is 49.1 Å².